The van der Waals surface area contributed by atoms with E-state index in [0.717, 1.165) is 27.8 Å². The molecule has 5 nitrogen and oxygen atoms in total. The van der Waals surface area contributed by atoms with Crippen LogP contribution in [0, 0.1) is 0 Å². The fourth-order valence-electron chi connectivity index (χ4n) is 6.09. The summed E-state index contributed by atoms with van der Waals surface area (Å²) in [5.74, 6) is -0.997. The molecule has 3 aromatic rings. The lowest BCUT2D eigenvalue weighted by molar-refractivity contribution is -0.152. The molecule has 2 saturated heterocycles. The second kappa shape index (κ2) is 6.70. The first-order valence-corrected chi connectivity index (χ1v) is 11.0. The number of fused-ring (bicyclic) bond motifs is 4. The molecule has 1 N–H and O–H groups in total. The topological polar surface area (TPSA) is 66.8 Å². The highest BCUT2D eigenvalue weighted by molar-refractivity contribution is 5.89. The van der Waals surface area contributed by atoms with Crippen molar-refractivity contribution in [3.05, 3.63) is 95.6 Å². The molecule has 160 valence electrons. The minimum atomic E-state index is -1.17. The molecule has 1 amide bonds. The first-order valence-electron chi connectivity index (χ1n) is 11.0. The van der Waals surface area contributed by atoms with Crippen molar-refractivity contribution in [3.8, 4) is 11.1 Å². The standard InChI is InChI=1S/C27H23NO4/c29-24(30)27-15-26(16-27,18-8-2-1-3-9-18)17-28(27)25(31)32-14-23-21-12-6-4-10-19(21)20-11-5-7-13-22(20)23/h1-13,23H,14-17H2,(H,29,30). The van der Waals surface area contributed by atoms with Crippen molar-refractivity contribution in [2.75, 3.05) is 13.2 Å². The molecular weight excluding hydrogens is 402 g/mol. The Morgan fingerprint density at radius 2 is 1.44 bits per heavy atom. The number of hydrogen-bond acceptors (Lipinski definition) is 3. The predicted octanol–water partition coefficient (Wildman–Crippen LogP) is 4.81. The number of nitrogens with zero attached hydrogens (tertiary/aromatic N) is 1. The number of carbonyl (C=O) groups is 2. The Morgan fingerprint density at radius 3 is 2.03 bits per heavy atom. The van der Waals surface area contributed by atoms with Crippen LogP contribution >= 0.6 is 0 Å². The molecule has 7 rings (SSSR count). The molecule has 3 aromatic carbocycles. The third kappa shape index (κ3) is 2.51. The minimum absolute atomic E-state index is 0.0483. The number of hydrogen-bond donors (Lipinski definition) is 1. The van der Waals surface area contributed by atoms with Gasteiger partial charge in [0.05, 0.1) is 0 Å². The summed E-state index contributed by atoms with van der Waals surface area (Å²) in [4.78, 5) is 26.8. The second-order valence-electron chi connectivity index (χ2n) is 9.23. The van der Waals surface area contributed by atoms with E-state index in [9.17, 15) is 14.7 Å². The monoisotopic (exact) mass is 425 g/mol. The largest absolute Gasteiger partial charge is 0.479 e. The normalized spacial score (nSPS) is 25.1. The zero-order valence-electron chi connectivity index (χ0n) is 17.5. The van der Waals surface area contributed by atoms with E-state index in [1.807, 2.05) is 54.6 Å². The Balaban J connectivity index is 1.25. The Hall–Kier alpha value is -3.60. The summed E-state index contributed by atoms with van der Waals surface area (Å²) in [7, 11) is 0. The highest BCUT2D eigenvalue weighted by Gasteiger charge is 2.71. The molecule has 5 heteroatoms. The van der Waals surface area contributed by atoms with Crippen LogP contribution in [0.2, 0.25) is 0 Å². The third-order valence-electron chi connectivity index (χ3n) is 7.58. The molecule has 0 aromatic heterocycles. The molecule has 1 saturated carbocycles. The number of benzene rings is 3. The van der Waals surface area contributed by atoms with Gasteiger partial charge in [-0.3, -0.25) is 4.90 Å². The molecule has 2 aliphatic heterocycles. The molecule has 0 atom stereocenters. The van der Waals surface area contributed by atoms with Crippen molar-refractivity contribution in [2.45, 2.75) is 29.7 Å². The van der Waals surface area contributed by atoms with E-state index in [4.69, 9.17) is 4.74 Å². The van der Waals surface area contributed by atoms with Crippen molar-refractivity contribution < 1.29 is 19.4 Å². The quantitative estimate of drug-likeness (QED) is 0.652. The summed E-state index contributed by atoms with van der Waals surface area (Å²) >= 11 is 0. The van der Waals surface area contributed by atoms with Gasteiger partial charge in [-0.25, -0.2) is 9.59 Å². The van der Waals surface area contributed by atoms with Gasteiger partial charge in [-0.2, -0.15) is 0 Å². The number of carboxylic acid groups (broad SMARTS) is 1. The lowest BCUT2D eigenvalue weighted by atomic mass is 9.59. The summed E-state index contributed by atoms with van der Waals surface area (Å²) in [6, 6.07) is 26.3. The van der Waals surface area contributed by atoms with Crippen molar-refractivity contribution in [1.29, 1.82) is 0 Å². The highest BCUT2D eigenvalue weighted by atomic mass is 16.6. The van der Waals surface area contributed by atoms with Gasteiger partial charge in [0.1, 0.15) is 12.1 Å². The maximum absolute atomic E-state index is 13.2. The van der Waals surface area contributed by atoms with Gasteiger partial charge in [0.25, 0.3) is 0 Å². The van der Waals surface area contributed by atoms with Crippen molar-refractivity contribution in [3.63, 3.8) is 0 Å². The van der Waals surface area contributed by atoms with E-state index in [2.05, 4.69) is 24.3 Å². The van der Waals surface area contributed by atoms with Crippen LogP contribution in [-0.4, -0.2) is 40.8 Å². The van der Waals surface area contributed by atoms with Gasteiger partial charge in [0, 0.05) is 17.9 Å². The van der Waals surface area contributed by atoms with E-state index >= 15 is 0 Å². The Morgan fingerprint density at radius 1 is 0.875 bits per heavy atom. The van der Waals surface area contributed by atoms with Gasteiger partial charge in [0.15, 0.2) is 0 Å². The second-order valence-corrected chi connectivity index (χ2v) is 9.23. The Labute approximate surface area is 186 Å². The van der Waals surface area contributed by atoms with Crippen molar-refractivity contribution in [2.24, 2.45) is 0 Å². The van der Waals surface area contributed by atoms with Gasteiger partial charge < -0.3 is 9.84 Å². The van der Waals surface area contributed by atoms with Gasteiger partial charge in [0.2, 0.25) is 0 Å². The van der Waals surface area contributed by atoms with Gasteiger partial charge >= 0.3 is 12.1 Å². The number of carboxylic acids is 1. The van der Waals surface area contributed by atoms with Crippen molar-refractivity contribution >= 4 is 12.1 Å². The van der Waals surface area contributed by atoms with E-state index in [0.29, 0.717) is 19.4 Å². The minimum Gasteiger partial charge on any atom is -0.479 e. The van der Waals surface area contributed by atoms with E-state index < -0.39 is 17.6 Å². The lowest BCUT2D eigenvalue weighted by Gasteiger charge is -2.44. The first kappa shape index (κ1) is 19.1. The molecule has 2 aliphatic carbocycles. The lowest BCUT2D eigenvalue weighted by Crippen LogP contribution is -2.57. The summed E-state index contributed by atoms with van der Waals surface area (Å²) in [5, 5.41) is 9.98. The average molecular weight is 425 g/mol. The number of carbonyl (C=O) groups excluding carboxylic acids is 1. The highest BCUT2D eigenvalue weighted by Crippen LogP contribution is 2.60. The summed E-state index contributed by atoms with van der Waals surface area (Å²) in [6.07, 6.45) is 0.331. The van der Waals surface area contributed by atoms with Crippen LogP contribution in [0.25, 0.3) is 11.1 Å². The van der Waals surface area contributed by atoms with Crippen LogP contribution in [0.3, 0.4) is 0 Å². The molecule has 0 unspecified atom stereocenters. The van der Waals surface area contributed by atoms with E-state index in [-0.39, 0.29) is 17.9 Å². The molecule has 0 radical (unpaired) electrons. The van der Waals surface area contributed by atoms with Gasteiger partial charge in [-0.1, -0.05) is 78.9 Å². The molecular formula is C27H23NO4. The van der Waals surface area contributed by atoms with Crippen molar-refractivity contribution in [1.82, 2.24) is 4.90 Å². The van der Waals surface area contributed by atoms with Crippen LogP contribution in [0.1, 0.15) is 35.4 Å². The zero-order valence-corrected chi connectivity index (χ0v) is 17.5. The van der Waals surface area contributed by atoms with Crippen LogP contribution in [0.5, 0.6) is 0 Å². The van der Waals surface area contributed by atoms with E-state index in [1.54, 1.807) is 0 Å². The SMILES string of the molecule is O=C(OCC1c2ccccc2-c2ccccc21)N1CC2(c3ccccc3)CC1(C(=O)O)C2. The number of amides is 1. The van der Waals surface area contributed by atoms with E-state index in [1.165, 1.54) is 4.90 Å². The van der Waals surface area contributed by atoms with Gasteiger partial charge in [-0.05, 0) is 40.7 Å². The Bertz CT molecular complexity index is 1180. The average Bonchev–Trinajstić information content (AvgIpc) is 3.44. The molecule has 3 fully saturated rings. The molecule has 2 heterocycles. The molecule has 32 heavy (non-hydrogen) atoms. The predicted molar refractivity (Wildman–Crippen MR) is 119 cm³/mol. The molecule has 4 aliphatic rings. The maximum Gasteiger partial charge on any atom is 0.410 e. The zero-order chi connectivity index (χ0) is 21.9. The summed E-state index contributed by atoms with van der Waals surface area (Å²) in [5.41, 5.74) is 4.23. The smallest absolute Gasteiger partial charge is 0.410 e. The van der Waals surface area contributed by atoms with Crippen LogP contribution in [-0.2, 0) is 14.9 Å². The molecule has 0 spiro atoms. The van der Waals surface area contributed by atoms with Crippen LogP contribution in [0.15, 0.2) is 78.9 Å². The third-order valence-corrected chi connectivity index (χ3v) is 7.58. The number of ether oxygens (including phenoxy) is 1. The maximum atomic E-state index is 13.2. The van der Waals surface area contributed by atoms with Crippen LogP contribution < -0.4 is 0 Å². The summed E-state index contributed by atoms with van der Waals surface area (Å²) in [6.45, 7) is 0.567. The molecule has 2 bridgehead atoms. The fourth-order valence-corrected chi connectivity index (χ4v) is 6.09. The van der Waals surface area contributed by atoms with Gasteiger partial charge in [-0.15, -0.1) is 0 Å². The van der Waals surface area contributed by atoms with Crippen LogP contribution in [0.4, 0.5) is 4.79 Å². The number of rotatable bonds is 4. The Kier molecular flexibility index (Phi) is 4.00. The number of aliphatic carboxylic acids is 1. The first-order chi connectivity index (χ1) is 15.5. The summed E-state index contributed by atoms with van der Waals surface area (Å²) < 4.78 is 5.80. The fraction of sp³-hybridized carbons (Fsp3) is 0.259.